The predicted molar refractivity (Wildman–Crippen MR) is 73.6 cm³/mol. The maximum atomic E-state index is 5.63. The fourth-order valence-corrected chi connectivity index (χ4v) is 2.83. The molecule has 17 heavy (non-hydrogen) atoms. The zero-order chi connectivity index (χ0) is 12.5. The number of ether oxygens (including phenoxy) is 1. The van der Waals surface area contributed by atoms with Gasteiger partial charge in [0.25, 0.3) is 0 Å². The highest BCUT2D eigenvalue weighted by Gasteiger charge is 2.30. The molecule has 0 aliphatic carbocycles. The van der Waals surface area contributed by atoms with E-state index in [0.29, 0.717) is 18.5 Å². The molecule has 1 aliphatic heterocycles. The topological polar surface area (TPSA) is 38.5 Å². The SMILES string of the molecule is CCCC1CC(COCCCl)N(CCCN)C1. The van der Waals surface area contributed by atoms with Crippen molar-refractivity contribution < 1.29 is 4.74 Å². The average Bonchev–Trinajstić information content (AvgIpc) is 2.70. The monoisotopic (exact) mass is 262 g/mol. The van der Waals surface area contributed by atoms with Crippen LogP contribution in [0.25, 0.3) is 0 Å². The lowest BCUT2D eigenvalue weighted by molar-refractivity contribution is 0.0861. The Hall–Kier alpha value is 0.170. The van der Waals surface area contributed by atoms with E-state index in [-0.39, 0.29) is 0 Å². The molecule has 2 atom stereocenters. The summed E-state index contributed by atoms with van der Waals surface area (Å²) in [4.78, 5) is 2.56. The summed E-state index contributed by atoms with van der Waals surface area (Å²) >= 11 is 5.63. The van der Waals surface area contributed by atoms with E-state index in [1.54, 1.807) is 0 Å². The summed E-state index contributed by atoms with van der Waals surface area (Å²) in [6.07, 6.45) is 4.99. The number of nitrogens with zero attached hydrogens (tertiary/aromatic N) is 1. The number of alkyl halides is 1. The minimum absolute atomic E-state index is 0.585. The second kappa shape index (κ2) is 9.15. The van der Waals surface area contributed by atoms with E-state index in [1.165, 1.54) is 25.8 Å². The summed E-state index contributed by atoms with van der Waals surface area (Å²) in [6, 6.07) is 0.585. The van der Waals surface area contributed by atoms with E-state index in [0.717, 1.165) is 32.0 Å². The number of nitrogens with two attached hydrogens (primary N) is 1. The molecule has 102 valence electrons. The first-order valence-electron chi connectivity index (χ1n) is 6.89. The van der Waals surface area contributed by atoms with Crippen LogP contribution in [0.3, 0.4) is 0 Å². The molecule has 1 heterocycles. The molecule has 2 unspecified atom stereocenters. The summed E-state index contributed by atoms with van der Waals surface area (Å²) in [6.45, 7) is 6.89. The number of likely N-dealkylation sites (tertiary alicyclic amines) is 1. The van der Waals surface area contributed by atoms with E-state index in [4.69, 9.17) is 22.1 Å². The Bertz CT molecular complexity index is 192. The van der Waals surface area contributed by atoms with Gasteiger partial charge in [0.1, 0.15) is 0 Å². The number of hydrogen-bond donors (Lipinski definition) is 1. The standard InChI is InChI=1S/C13H27ClN2O/c1-2-4-12-9-13(11-17-8-5-14)16(10-12)7-3-6-15/h12-13H,2-11,15H2,1H3. The lowest BCUT2D eigenvalue weighted by atomic mass is 10.0. The van der Waals surface area contributed by atoms with Gasteiger partial charge in [0.05, 0.1) is 13.2 Å². The molecule has 0 aromatic rings. The van der Waals surface area contributed by atoms with E-state index in [1.807, 2.05) is 0 Å². The fourth-order valence-electron chi connectivity index (χ4n) is 2.72. The number of halogens is 1. The summed E-state index contributed by atoms with van der Waals surface area (Å²) in [5.41, 5.74) is 5.59. The van der Waals surface area contributed by atoms with Crippen molar-refractivity contribution in [2.24, 2.45) is 11.7 Å². The molecule has 4 heteroatoms. The molecule has 1 aliphatic rings. The van der Waals surface area contributed by atoms with Crippen molar-refractivity contribution in [1.82, 2.24) is 4.90 Å². The summed E-state index contributed by atoms with van der Waals surface area (Å²) < 4.78 is 5.60. The van der Waals surface area contributed by atoms with Gasteiger partial charge < -0.3 is 10.5 Å². The van der Waals surface area contributed by atoms with Crippen LogP contribution in [0.1, 0.15) is 32.6 Å². The van der Waals surface area contributed by atoms with Gasteiger partial charge in [-0.25, -0.2) is 0 Å². The fraction of sp³-hybridized carbons (Fsp3) is 1.00. The first kappa shape index (κ1) is 15.2. The van der Waals surface area contributed by atoms with Crippen LogP contribution in [0.2, 0.25) is 0 Å². The van der Waals surface area contributed by atoms with Crippen LogP contribution in [-0.2, 0) is 4.74 Å². The Labute approximate surface area is 111 Å². The smallest absolute Gasteiger partial charge is 0.0622 e. The Kier molecular flexibility index (Phi) is 8.19. The van der Waals surface area contributed by atoms with Crippen LogP contribution in [0.15, 0.2) is 0 Å². The van der Waals surface area contributed by atoms with Gasteiger partial charge in [-0.2, -0.15) is 0 Å². The molecular weight excluding hydrogens is 236 g/mol. The highest BCUT2D eigenvalue weighted by molar-refractivity contribution is 6.17. The number of hydrogen-bond acceptors (Lipinski definition) is 3. The molecule has 0 bridgehead atoms. The van der Waals surface area contributed by atoms with Crippen molar-refractivity contribution in [2.45, 2.75) is 38.6 Å². The second-order valence-electron chi connectivity index (χ2n) is 4.95. The molecule has 2 N–H and O–H groups in total. The summed E-state index contributed by atoms with van der Waals surface area (Å²) in [5.74, 6) is 1.44. The lowest BCUT2D eigenvalue weighted by Gasteiger charge is -2.23. The van der Waals surface area contributed by atoms with Gasteiger partial charge >= 0.3 is 0 Å². The van der Waals surface area contributed by atoms with Crippen molar-refractivity contribution in [3.63, 3.8) is 0 Å². The minimum atomic E-state index is 0.585. The zero-order valence-electron chi connectivity index (χ0n) is 11.0. The van der Waals surface area contributed by atoms with Crippen LogP contribution in [0, 0.1) is 5.92 Å². The third kappa shape index (κ3) is 5.56. The van der Waals surface area contributed by atoms with Crippen LogP contribution < -0.4 is 5.73 Å². The maximum Gasteiger partial charge on any atom is 0.0622 e. The van der Waals surface area contributed by atoms with Gasteiger partial charge in [-0.05, 0) is 38.3 Å². The molecule has 0 spiro atoms. The largest absolute Gasteiger partial charge is 0.379 e. The van der Waals surface area contributed by atoms with Crippen molar-refractivity contribution >= 4 is 11.6 Å². The minimum Gasteiger partial charge on any atom is -0.379 e. The Balaban J connectivity index is 2.33. The van der Waals surface area contributed by atoms with E-state index in [9.17, 15) is 0 Å². The molecule has 1 fully saturated rings. The highest BCUT2D eigenvalue weighted by Crippen LogP contribution is 2.27. The lowest BCUT2D eigenvalue weighted by Crippen LogP contribution is -2.35. The summed E-state index contributed by atoms with van der Waals surface area (Å²) in [5, 5.41) is 0. The molecule has 0 radical (unpaired) electrons. The molecule has 0 aromatic carbocycles. The van der Waals surface area contributed by atoms with Gasteiger partial charge in [0.15, 0.2) is 0 Å². The predicted octanol–water partition coefficient (Wildman–Crippen LogP) is 2.08. The molecule has 0 aromatic heterocycles. The molecular formula is C13H27ClN2O. The Morgan fingerprint density at radius 3 is 2.94 bits per heavy atom. The van der Waals surface area contributed by atoms with Crippen molar-refractivity contribution in [3.8, 4) is 0 Å². The van der Waals surface area contributed by atoms with Gasteiger partial charge in [-0.3, -0.25) is 4.90 Å². The molecule has 1 rings (SSSR count). The maximum absolute atomic E-state index is 5.63. The molecule has 1 saturated heterocycles. The van der Waals surface area contributed by atoms with Crippen LogP contribution in [-0.4, -0.2) is 49.7 Å². The van der Waals surface area contributed by atoms with Crippen LogP contribution >= 0.6 is 11.6 Å². The first-order valence-corrected chi connectivity index (χ1v) is 7.43. The molecule has 0 saturated carbocycles. The third-order valence-electron chi connectivity index (χ3n) is 3.49. The zero-order valence-corrected chi connectivity index (χ0v) is 11.8. The first-order chi connectivity index (χ1) is 8.31. The van der Waals surface area contributed by atoms with Crippen molar-refractivity contribution in [2.75, 3.05) is 38.7 Å². The van der Waals surface area contributed by atoms with E-state index in [2.05, 4.69) is 11.8 Å². The van der Waals surface area contributed by atoms with Gasteiger partial charge in [-0.15, -0.1) is 11.6 Å². The summed E-state index contributed by atoms with van der Waals surface area (Å²) in [7, 11) is 0. The van der Waals surface area contributed by atoms with Gasteiger partial charge in [0.2, 0.25) is 0 Å². The van der Waals surface area contributed by atoms with Gasteiger partial charge in [0, 0.05) is 18.5 Å². The van der Waals surface area contributed by atoms with Crippen molar-refractivity contribution in [3.05, 3.63) is 0 Å². The van der Waals surface area contributed by atoms with Crippen LogP contribution in [0.4, 0.5) is 0 Å². The quantitative estimate of drug-likeness (QED) is 0.511. The molecule has 0 amide bonds. The van der Waals surface area contributed by atoms with Crippen molar-refractivity contribution in [1.29, 1.82) is 0 Å². The Morgan fingerprint density at radius 2 is 2.29 bits per heavy atom. The second-order valence-corrected chi connectivity index (χ2v) is 5.32. The Morgan fingerprint density at radius 1 is 1.47 bits per heavy atom. The average molecular weight is 263 g/mol. The van der Waals surface area contributed by atoms with E-state index >= 15 is 0 Å². The molecule has 3 nitrogen and oxygen atoms in total. The highest BCUT2D eigenvalue weighted by atomic mass is 35.5. The van der Waals surface area contributed by atoms with Crippen LogP contribution in [0.5, 0.6) is 0 Å². The van der Waals surface area contributed by atoms with Gasteiger partial charge in [-0.1, -0.05) is 13.3 Å². The van der Waals surface area contributed by atoms with E-state index < -0.39 is 0 Å². The number of rotatable bonds is 9. The third-order valence-corrected chi connectivity index (χ3v) is 3.65. The normalized spacial score (nSPS) is 25.6.